The van der Waals surface area contributed by atoms with Crippen LogP contribution in [-0.2, 0) is 10.1 Å². The number of rotatable bonds is 3. The summed E-state index contributed by atoms with van der Waals surface area (Å²) in [6.07, 6.45) is 0. The Hall–Kier alpha value is -0.530. The largest absolute Gasteiger partial charge is 0.746 e. The van der Waals surface area contributed by atoms with Gasteiger partial charge in [-0.05, 0) is 12.1 Å². The third-order valence-electron chi connectivity index (χ3n) is 1.88. The predicted octanol–water partition coefficient (Wildman–Crippen LogP) is 1.66. The van der Waals surface area contributed by atoms with Crippen LogP contribution in [0.3, 0.4) is 0 Å². The lowest BCUT2D eigenvalue weighted by molar-refractivity contribution is 0.0946. The van der Waals surface area contributed by atoms with E-state index in [4.69, 9.17) is 34.8 Å². The van der Waals surface area contributed by atoms with Crippen molar-refractivity contribution in [1.29, 1.82) is 0 Å². The minimum absolute atomic E-state index is 0.139. The first kappa shape index (κ1) is 15.5. The molecule has 0 bridgehead atoms. The van der Waals surface area contributed by atoms with E-state index >= 15 is 0 Å². The van der Waals surface area contributed by atoms with Gasteiger partial charge in [0.2, 0.25) is 3.79 Å². The van der Waals surface area contributed by atoms with E-state index in [1.54, 1.807) is 18.2 Å². The number of carbonyl (C=O) groups excluding carboxylic acids is 1. The Kier molecular flexibility index (Phi) is 4.85. The van der Waals surface area contributed by atoms with Crippen molar-refractivity contribution < 1.29 is 17.8 Å². The first-order valence-electron chi connectivity index (χ1n) is 4.49. The highest BCUT2D eigenvalue weighted by Crippen LogP contribution is 2.32. The number of benzene rings is 1. The molecule has 0 unspecified atom stereocenters. The van der Waals surface area contributed by atoms with Crippen molar-refractivity contribution in [1.82, 2.24) is 5.32 Å². The standard InChI is InChI=1S/C9H8Cl3NO4S/c10-9(11,12)8(18(15,16)17)13-7(14)6-4-2-1-3-5-6/h1-5,8H,(H,13,14)(H,15,16,17)/p-1/t8-/m1/s1. The molecule has 1 N–H and O–H groups in total. The predicted molar refractivity (Wildman–Crippen MR) is 67.7 cm³/mol. The topological polar surface area (TPSA) is 86.3 Å². The molecule has 1 aromatic carbocycles. The van der Waals surface area contributed by atoms with Gasteiger partial charge in [0.15, 0.2) is 5.37 Å². The number of carbonyl (C=O) groups is 1. The number of hydrogen-bond donors (Lipinski definition) is 1. The van der Waals surface area contributed by atoms with Gasteiger partial charge in [0.25, 0.3) is 5.91 Å². The van der Waals surface area contributed by atoms with Crippen LogP contribution in [0.25, 0.3) is 0 Å². The smallest absolute Gasteiger partial charge is 0.252 e. The van der Waals surface area contributed by atoms with Gasteiger partial charge in [-0.3, -0.25) is 4.79 Å². The summed E-state index contributed by atoms with van der Waals surface area (Å²) >= 11 is 16.1. The Morgan fingerprint density at radius 3 is 2.11 bits per heavy atom. The lowest BCUT2D eigenvalue weighted by atomic mass is 10.2. The second-order valence-electron chi connectivity index (χ2n) is 3.25. The molecule has 100 valence electrons. The van der Waals surface area contributed by atoms with Gasteiger partial charge in [-0.15, -0.1) is 0 Å². The molecule has 18 heavy (non-hydrogen) atoms. The van der Waals surface area contributed by atoms with Crippen molar-refractivity contribution in [3.63, 3.8) is 0 Å². The molecule has 1 rings (SSSR count). The first-order valence-corrected chi connectivity index (χ1v) is 7.10. The Morgan fingerprint density at radius 1 is 1.22 bits per heavy atom. The first-order chi connectivity index (χ1) is 8.12. The van der Waals surface area contributed by atoms with Crippen LogP contribution in [-0.4, -0.2) is 28.0 Å². The third kappa shape index (κ3) is 4.29. The molecule has 0 saturated carbocycles. The van der Waals surface area contributed by atoms with E-state index in [9.17, 15) is 17.8 Å². The maximum atomic E-state index is 11.7. The van der Waals surface area contributed by atoms with Gasteiger partial charge in [0, 0.05) is 5.56 Å². The summed E-state index contributed by atoms with van der Waals surface area (Å²) in [4.78, 5) is 11.7. The molecule has 0 radical (unpaired) electrons. The van der Waals surface area contributed by atoms with Gasteiger partial charge in [0.1, 0.15) is 10.1 Å². The monoisotopic (exact) mass is 330 g/mol. The van der Waals surface area contributed by atoms with Crippen LogP contribution in [0.5, 0.6) is 0 Å². The molecule has 1 atom stereocenters. The summed E-state index contributed by atoms with van der Waals surface area (Å²) in [5.74, 6) is -0.827. The fourth-order valence-electron chi connectivity index (χ4n) is 1.11. The SMILES string of the molecule is O=C(N[C@@H](C(Cl)(Cl)Cl)S(=O)(=O)[O-])c1ccccc1. The minimum atomic E-state index is -5.00. The Labute approximate surface area is 119 Å². The zero-order valence-electron chi connectivity index (χ0n) is 8.64. The van der Waals surface area contributed by atoms with E-state index in [0.717, 1.165) is 0 Å². The Balaban J connectivity index is 2.97. The average Bonchev–Trinajstić information content (AvgIpc) is 2.23. The van der Waals surface area contributed by atoms with Crippen molar-refractivity contribution in [2.24, 2.45) is 0 Å². The summed E-state index contributed by atoms with van der Waals surface area (Å²) in [5, 5.41) is -0.286. The van der Waals surface area contributed by atoms with Gasteiger partial charge in [-0.2, -0.15) is 0 Å². The van der Waals surface area contributed by atoms with Crippen LogP contribution in [0.4, 0.5) is 0 Å². The highest BCUT2D eigenvalue weighted by atomic mass is 35.6. The summed E-state index contributed by atoms with van der Waals surface area (Å²) in [7, 11) is -5.00. The summed E-state index contributed by atoms with van der Waals surface area (Å²) in [5.41, 5.74) is 0.139. The van der Waals surface area contributed by atoms with Gasteiger partial charge in [-0.1, -0.05) is 53.0 Å². The molecule has 0 fully saturated rings. The van der Waals surface area contributed by atoms with Crippen LogP contribution in [0.15, 0.2) is 30.3 Å². The number of amides is 1. The lowest BCUT2D eigenvalue weighted by Crippen LogP contribution is -2.49. The molecule has 0 saturated heterocycles. The maximum absolute atomic E-state index is 11.7. The molecule has 0 spiro atoms. The second kappa shape index (κ2) is 5.63. The van der Waals surface area contributed by atoms with E-state index < -0.39 is 25.2 Å². The normalized spacial score (nSPS) is 14.0. The van der Waals surface area contributed by atoms with E-state index in [2.05, 4.69) is 0 Å². The molecule has 1 amide bonds. The van der Waals surface area contributed by atoms with E-state index in [1.165, 1.54) is 12.1 Å². The molecule has 1 aromatic rings. The van der Waals surface area contributed by atoms with Crippen molar-refractivity contribution in [3.8, 4) is 0 Å². The van der Waals surface area contributed by atoms with E-state index in [1.807, 2.05) is 5.32 Å². The number of nitrogens with one attached hydrogen (secondary N) is 1. The number of halogens is 3. The van der Waals surface area contributed by atoms with Crippen LogP contribution in [0, 0.1) is 0 Å². The third-order valence-corrected chi connectivity index (χ3v) is 3.98. The van der Waals surface area contributed by atoms with Gasteiger partial charge < -0.3 is 9.87 Å². The molecule has 5 nitrogen and oxygen atoms in total. The molecular weight excluding hydrogens is 325 g/mol. The minimum Gasteiger partial charge on any atom is -0.746 e. The highest BCUT2D eigenvalue weighted by Gasteiger charge is 2.39. The van der Waals surface area contributed by atoms with Crippen LogP contribution >= 0.6 is 34.8 Å². The van der Waals surface area contributed by atoms with Crippen molar-refractivity contribution in [2.45, 2.75) is 9.17 Å². The quantitative estimate of drug-likeness (QED) is 0.674. The molecule has 0 aliphatic carbocycles. The van der Waals surface area contributed by atoms with Gasteiger partial charge in [0.05, 0.1) is 0 Å². The van der Waals surface area contributed by atoms with Crippen LogP contribution < -0.4 is 5.32 Å². The zero-order valence-corrected chi connectivity index (χ0v) is 11.7. The van der Waals surface area contributed by atoms with E-state index in [0.29, 0.717) is 0 Å². The molecule has 0 heterocycles. The lowest BCUT2D eigenvalue weighted by Gasteiger charge is -2.27. The maximum Gasteiger partial charge on any atom is 0.252 e. The number of alkyl halides is 3. The Morgan fingerprint density at radius 2 is 1.72 bits per heavy atom. The molecule has 0 aliphatic heterocycles. The summed E-state index contributed by atoms with van der Waals surface area (Å²) in [6.45, 7) is 0. The van der Waals surface area contributed by atoms with Gasteiger partial charge >= 0.3 is 0 Å². The van der Waals surface area contributed by atoms with E-state index in [-0.39, 0.29) is 5.56 Å². The fourth-order valence-corrected chi connectivity index (χ4v) is 2.83. The average molecular weight is 332 g/mol. The fraction of sp³-hybridized carbons (Fsp3) is 0.222. The molecular formula is C9H7Cl3NO4S-. The summed E-state index contributed by atoms with van der Waals surface area (Å²) < 4.78 is 30.3. The van der Waals surface area contributed by atoms with Crippen molar-refractivity contribution >= 4 is 50.8 Å². The van der Waals surface area contributed by atoms with Crippen LogP contribution in [0.2, 0.25) is 0 Å². The number of hydrogen-bond acceptors (Lipinski definition) is 4. The summed E-state index contributed by atoms with van der Waals surface area (Å²) in [6, 6.07) is 7.62. The van der Waals surface area contributed by atoms with Crippen molar-refractivity contribution in [3.05, 3.63) is 35.9 Å². The van der Waals surface area contributed by atoms with Crippen LogP contribution in [0.1, 0.15) is 10.4 Å². The van der Waals surface area contributed by atoms with Crippen molar-refractivity contribution in [2.75, 3.05) is 0 Å². The second-order valence-corrected chi connectivity index (χ2v) is 7.08. The molecule has 9 heteroatoms. The Bertz CT molecular complexity index is 526. The molecule has 0 aromatic heterocycles. The highest BCUT2D eigenvalue weighted by molar-refractivity contribution is 7.86. The zero-order chi connectivity index (χ0) is 14.0. The molecule has 0 aliphatic rings. The van der Waals surface area contributed by atoms with Gasteiger partial charge in [-0.25, -0.2) is 8.42 Å².